The number of nitrogens with one attached hydrogen (secondary N) is 7. The smallest absolute Gasteiger partial charge is 0.329 e. The number of amides is 9. The highest BCUT2D eigenvalue weighted by Crippen LogP contribution is 2.53. The van der Waals surface area contributed by atoms with Crippen LogP contribution in [0.25, 0.3) is 11.1 Å². The Kier molecular flexibility index (Phi) is 23.9. The molecule has 0 spiro atoms. The summed E-state index contributed by atoms with van der Waals surface area (Å²) in [6.45, 7) is 24.8. The van der Waals surface area contributed by atoms with Crippen molar-refractivity contribution in [1.29, 1.82) is 0 Å². The Bertz CT molecular complexity index is 3530. The van der Waals surface area contributed by atoms with Gasteiger partial charge in [0.2, 0.25) is 41.4 Å². The van der Waals surface area contributed by atoms with Crippen molar-refractivity contribution in [1.82, 2.24) is 51.7 Å². The Morgan fingerprint density at radius 2 is 1.04 bits per heavy atom. The summed E-state index contributed by atoms with van der Waals surface area (Å²) >= 11 is 0. The maximum atomic E-state index is 15.7. The van der Waals surface area contributed by atoms with E-state index in [2.05, 4.69) is 37.3 Å². The number of β-amino-alcohol motifs (C(OH)–C–C–N with tert-alkyl or cyclic N) is 1. The van der Waals surface area contributed by atoms with E-state index in [-0.39, 0.29) is 74.1 Å². The van der Waals surface area contributed by atoms with E-state index in [0.717, 1.165) is 9.91 Å². The minimum absolute atomic E-state index is 0.0229. The van der Waals surface area contributed by atoms with Gasteiger partial charge in [-0.15, -0.1) is 0 Å². The van der Waals surface area contributed by atoms with Gasteiger partial charge in [0, 0.05) is 50.0 Å². The summed E-state index contributed by atoms with van der Waals surface area (Å²) in [5.41, 5.74) is 0.716. The van der Waals surface area contributed by atoms with Crippen LogP contribution in [0.1, 0.15) is 172 Å². The van der Waals surface area contributed by atoms with E-state index in [1.54, 1.807) is 106 Å². The number of carbonyl (C=O) groups excluding carboxylic acids is 12. The van der Waals surface area contributed by atoms with Gasteiger partial charge in [0.05, 0.1) is 36.3 Å². The van der Waals surface area contributed by atoms with Crippen LogP contribution in [-0.4, -0.2) is 226 Å². The standard InChI is InChI=1S/C76H109N11O19/c1-33(2)22-50-56(91)29-46(40(14)88)68(97)85-54(66(95)81-59(36(7)8)73(102)106-62(38(11)12)71(100)87-53(65(94)78-50)28-45(90)32-77-87)30-75(103)47-25-42(16-17-44(47)27-57(75)85)43-18-19-49-48(26-43)76(104)31-55-67(96)82-58(35(5)6)72(101)105-61(37(9)10)70(99)84-21-20-39(13)24-52(84)64(93)79-51(23-34(3)4)63(92)83-60(41(15)89)69(98)86(55)74(76)80-49/h16-19,25-26,33-41,45-46,50-55,57-62,74,77,80,88-90,103-104H,20-24,27-32H2,1-15H3,(H,78,94)(H,79,93)(H,81,95)(H,82,96)(H,83,92)/t39-,40-,41-,45+,46+,50-,51-,52+,53+,54-,55-,57+,58+,59+,60+,61-,62-,74-,75+,76+/m0/s1. The van der Waals surface area contributed by atoms with Crippen LogP contribution in [0.2, 0.25) is 0 Å². The number of benzene rings is 2. The van der Waals surface area contributed by atoms with Crippen LogP contribution in [0.4, 0.5) is 5.69 Å². The average molecular weight is 1480 g/mol. The number of esters is 2. The predicted molar refractivity (Wildman–Crippen MR) is 382 cm³/mol. The van der Waals surface area contributed by atoms with Gasteiger partial charge >= 0.3 is 11.9 Å². The maximum absolute atomic E-state index is 15.7. The summed E-state index contributed by atoms with van der Waals surface area (Å²) in [5, 5.41) is 78.9. The van der Waals surface area contributed by atoms with Gasteiger partial charge in [-0.2, -0.15) is 0 Å². The number of rotatable bonds is 11. The molecule has 0 unspecified atom stereocenters. The Labute approximate surface area is 618 Å². The average Bonchev–Trinajstić information content (AvgIpc) is 1.55. The SMILES string of the molecule is CC(C)C[C@@H]1NC(=O)[C@H]2C[C@@H](O)CNN2C(=O)[C@H](C(C)C)OC(=O)[C@@H](C(C)C)NC(=O)[C@@H]2C[C@@]3(O)c4cc(-c5ccc6c(c5)[C@]5(O)C[C@H]7C(=O)N[C@H](C(C)C)C(=O)O[C@@H](C(C)C)C(=O)N8CC[C@H](C)C[C@@H]8C(=O)N[C@@H](CC(C)C)C(=O)N[C@H]([C@H](C)O)C(=O)N7[C@@H]5N6)ccc4C[C@H]3N2C(=O)[C@@H]([C@H](C)O)CC1=O. The molecule has 7 heterocycles. The number of hydrogen-bond acceptors (Lipinski definition) is 21. The number of hydrogen-bond donors (Lipinski definition) is 12. The second-order valence-electron chi connectivity index (χ2n) is 33.1. The lowest BCUT2D eigenvalue weighted by molar-refractivity contribution is -0.172. The Hall–Kier alpha value is -8.16. The summed E-state index contributed by atoms with van der Waals surface area (Å²) in [6, 6.07) is -4.21. The number of aliphatic hydroxyl groups is 5. The van der Waals surface area contributed by atoms with Crippen LogP contribution in [0.3, 0.4) is 0 Å². The molecule has 0 saturated carbocycles. The number of Topliss-reactive ketones (excluding diaryl/α,β-unsaturated/α-hetero) is 1. The van der Waals surface area contributed by atoms with E-state index in [1.807, 2.05) is 20.8 Å². The number of ketones is 1. The van der Waals surface area contributed by atoms with Crippen molar-refractivity contribution < 1.29 is 92.5 Å². The first-order chi connectivity index (χ1) is 49.7. The molecule has 106 heavy (non-hydrogen) atoms. The molecular weight excluding hydrogens is 1370 g/mol. The number of aliphatic hydroxyl groups excluding tert-OH is 3. The van der Waals surface area contributed by atoms with Gasteiger partial charge in [0.1, 0.15) is 65.7 Å². The monoisotopic (exact) mass is 1480 g/mol. The van der Waals surface area contributed by atoms with E-state index >= 15 is 19.2 Å². The minimum atomic E-state index is -2.16. The molecule has 30 heteroatoms. The first-order valence-corrected chi connectivity index (χ1v) is 37.7. The molecule has 0 bridgehead atoms. The second-order valence-corrected chi connectivity index (χ2v) is 33.1. The zero-order valence-electron chi connectivity index (χ0n) is 63.3. The van der Waals surface area contributed by atoms with Gasteiger partial charge in [-0.25, -0.2) is 15.0 Å². The quantitative estimate of drug-likeness (QED) is 0.140. The van der Waals surface area contributed by atoms with Crippen molar-refractivity contribution >= 4 is 76.6 Å². The summed E-state index contributed by atoms with van der Waals surface area (Å²) in [4.78, 5) is 182. The number of fused-ring (bicyclic) bond motifs is 12. The number of piperidine rings is 1. The van der Waals surface area contributed by atoms with Crippen LogP contribution >= 0.6 is 0 Å². The lowest BCUT2D eigenvalue weighted by Crippen LogP contribution is -2.65. The van der Waals surface area contributed by atoms with Crippen molar-refractivity contribution in [3.05, 3.63) is 53.1 Å². The summed E-state index contributed by atoms with van der Waals surface area (Å²) < 4.78 is 12.0. The third-order valence-corrected chi connectivity index (χ3v) is 22.5. The number of nitrogens with zero attached hydrogens (tertiary/aromatic N) is 4. The molecule has 0 aromatic heterocycles. The van der Waals surface area contributed by atoms with Gasteiger partial charge in [-0.05, 0) is 128 Å². The van der Waals surface area contributed by atoms with Crippen molar-refractivity contribution in [3.8, 4) is 11.1 Å². The molecule has 7 aliphatic heterocycles. The van der Waals surface area contributed by atoms with Crippen LogP contribution in [0, 0.1) is 47.3 Å². The maximum Gasteiger partial charge on any atom is 0.329 e. The largest absolute Gasteiger partial charge is 0.450 e. The highest BCUT2D eigenvalue weighted by Gasteiger charge is 2.64. The highest BCUT2D eigenvalue weighted by atomic mass is 16.6. The van der Waals surface area contributed by atoms with Crippen LogP contribution in [-0.2, 0) is 84.6 Å². The zero-order valence-corrected chi connectivity index (χ0v) is 63.3. The fraction of sp³-hybridized carbons (Fsp3) is 0.684. The second kappa shape index (κ2) is 31.6. The van der Waals surface area contributed by atoms with Crippen LogP contribution < -0.4 is 37.3 Å². The third kappa shape index (κ3) is 15.8. The molecule has 582 valence electrons. The van der Waals surface area contributed by atoms with Crippen LogP contribution in [0.5, 0.6) is 0 Å². The first kappa shape index (κ1) is 80.4. The third-order valence-electron chi connectivity index (χ3n) is 22.5. The zero-order chi connectivity index (χ0) is 77.9. The Morgan fingerprint density at radius 1 is 0.519 bits per heavy atom. The molecule has 2 aromatic carbocycles. The number of carbonyl (C=O) groups is 12. The Balaban J connectivity index is 1.01. The molecule has 10 rings (SSSR count). The number of hydrazine groups is 1. The number of ether oxygens (including phenoxy) is 2. The van der Waals surface area contributed by atoms with Crippen molar-refractivity contribution in [2.45, 2.75) is 270 Å². The summed E-state index contributed by atoms with van der Waals surface area (Å²) in [6.07, 6.45) is -9.93. The van der Waals surface area contributed by atoms with Crippen LogP contribution in [0.15, 0.2) is 36.4 Å². The number of cyclic esters (lactones) is 2. The topological polar surface area (TPSA) is 422 Å². The molecule has 30 nitrogen and oxygen atoms in total. The van der Waals surface area contributed by atoms with E-state index in [1.165, 1.54) is 23.6 Å². The van der Waals surface area contributed by atoms with E-state index in [4.69, 9.17) is 9.47 Å². The minimum Gasteiger partial charge on any atom is -0.450 e. The molecule has 6 fully saturated rings. The normalized spacial score (nSPS) is 33.9. The molecule has 12 N–H and O–H groups in total. The van der Waals surface area contributed by atoms with Crippen molar-refractivity contribution in [3.63, 3.8) is 0 Å². The number of anilines is 1. The van der Waals surface area contributed by atoms with E-state index < -0.39 is 228 Å². The molecular formula is C76H109N11O19. The van der Waals surface area contributed by atoms with E-state index in [0.29, 0.717) is 28.8 Å². The molecule has 20 atom stereocenters. The molecule has 2 aromatic rings. The van der Waals surface area contributed by atoms with Crippen molar-refractivity contribution in [2.75, 3.05) is 18.4 Å². The molecule has 1 aliphatic carbocycles. The van der Waals surface area contributed by atoms with Gasteiger partial charge in [0.25, 0.3) is 11.8 Å². The summed E-state index contributed by atoms with van der Waals surface area (Å²) in [5.74, 6) is -15.0. The van der Waals surface area contributed by atoms with Gasteiger partial charge < -0.3 is 81.6 Å². The first-order valence-electron chi connectivity index (χ1n) is 37.7. The van der Waals surface area contributed by atoms with Crippen molar-refractivity contribution in [2.24, 2.45) is 47.3 Å². The van der Waals surface area contributed by atoms with Gasteiger partial charge in [-0.1, -0.05) is 108 Å². The molecule has 6 saturated heterocycles. The Morgan fingerprint density at radius 3 is 1.60 bits per heavy atom. The van der Waals surface area contributed by atoms with Gasteiger partial charge in [0.15, 0.2) is 18.0 Å². The molecule has 8 aliphatic rings. The predicted octanol–water partition coefficient (Wildman–Crippen LogP) is 1.03. The fourth-order valence-electron chi connectivity index (χ4n) is 16.6. The molecule has 9 amide bonds. The molecule has 0 radical (unpaired) electrons. The van der Waals surface area contributed by atoms with E-state index in [9.17, 15) is 63.9 Å². The lowest BCUT2D eigenvalue weighted by Gasteiger charge is -2.40. The highest BCUT2D eigenvalue weighted by molar-refractivity contribution is 6.01. The summed E-state index contributed by atoms with van der Waals surface area (Å²) in [7, 11) is 0. The van der Waals surface area contributed by atoms with Gasteiger partial charge in [-0.3, -0.25) is 53.0 Å². The lowest BCUT2D eigenvalue weighted by atomic mass is 9.86. The fourth-order valence-corrected chi connectivity index (χ4v) is 16.6.